The van der Waals surface area contributed by atoms with Gasteiger partial charge in [-0.05, 0) is 19.4 Å². The van der Waals surface area contributed by atoms with Gasteiger partial charge < -0.3 is 10.5 Å². The van der Waals surface area contributed by atoms with E-state index in [0.29, 0.717) is 5.88 Å². The third-order valence-electron chi connectivity index (χ3n) is 1.80. The van der Waals surface area contributed by atoms with Crippen LogP contribution in [0.2, 0.25) is 0 Å². The number of rotatable bonds is 2. The summed E-state index contributed by atoms with van der Waals surface area (Å²) in [6, 6.07) is 3.81. The highest BCUT2D eigenvalue weighted by Crippen LogP contribution is 2.16. The summed E-state index contributed by atoms with van der Waals surface area (Å²) in [6.45, 7) is 3.87. The second-order valence-corrected chi connectivity index (χ2v) is 2.82. The summed E-state index contributed by atoms with van der Waals surface area (Å²) >= 11 is 0. The smallest absolute Gasteiger partial charge is 0.213 e. The van der Waals surface area contributed by atoms with Gasteiger partial charge in [0.05, 0.1) is 7.11 Å². The number of methoxy groups -OCH3 is 1. The summed E-state index contributed by atoms with van der Waals surface area (Å²) in [5.74, 6) is 0.636. The lowest BCUT2D eigenvalue weighted by Gasteiger charge is -2.09. The van der Waals surface area contributed by atoms with E-state index in [0.717, 1.165) is 11.3 Å². The molecule has 1 heterocycles. The zero-order chi connectivity index (χ0) is 9.14. The Balaban J connectivity index is 3.03. The average Bonchev–Trinajstić information content (AvgIpc) is 2.03. The molecule has 0 aliphatic rings. The van der Waals surface area contributed by atoms with Crippen LogP contribution in [0.25, 0.3) is 0 Å². The van der Waals surface area contributed by atoms with Gasteiger partial charge in [0.15, 0.2) is 0 Å². The molecule has 1 atom stereocenters. The highest BCUT2D eigenvalue weighted by molar-refractivity contribution is 5.26. The van der Waals surface area contributed by atoms with Gasteiger partial charge in [0, 0.05) is 17.8 Å². The van der Waals surface area contributed by atoms with Crippen molar-refractivity contribution in [3.63, 3.8) is 0 Å². The Morgan fingerprint density at radius 3 is 2.58 bits per heavy atom. The van der Waals surface area contributed by atoms with E-state index >= 15 is 0 Å². The number of aromatic nitrogens is 1. The van der Waals surface area contributed by atoms with Crippen molar-refractivity contribution in [2.75, 3.05) is 7.11 Å². The van der Waals surface area contributed by atoms with Crippen LogP contribution in [0.15, 0.2) is 12.1 Å². The Labute approximate surface area is 72.6 Å². The monoisotopic (exact) mass is 166 g/mol. The van der Waals surface area contributed by atoms with Gasteiger partial charge in [0.2, 0.25) is 5.88 Å². The van der Waals surface area contributed by atoms with Crippen molar-refractivity contribution in [1.29, 1.82) is 0 Å². The lowest BCUT2D eigenvalue weighted by atomic mass is 10.1. The molecular formula is C9H14N2O. The summed E-state index contributed by atoms with van der Waals surface area (Å²) in [4.78, 5) is 4.21. The van der Waals surface area contributed by atoms with E-state index in [9.17, 15) is 0 Å². The molecule has 66 valence electrons. The molecule has 3 heteroatoms. The number of aryl methyl sites for hydroxylation is 1. The maximum atomic E-state index is 5.73. The van der Waals surface area contributed by atoms with Crippen molar-refractivity contribution in [2.24, 2.45) is 5.73 Å². The zero-order valence-electron chi connectivity index (χ0n) is 7.66. The Hall–Kier alpha value is -1.09. The van der Waals surface area contributed by atoms with E-state index in [1.807, 2.05) is 26.0 Å². The number of nitrogens with two attached hydrogens (primary N) is 1. The van der Waals surface area contributed by atoms with Crippen molar-refractivity contribution in [2.45, 2.75) is 19.9 Å². The van der Waals surface area contributed by atoms with Crippen LogP contribution in [-0.4, -0.2) is 12.1 Å². The van der Waals surface area contributed by atoms with E-state index in [1.165, 1.54) is 0 Å². The minimum atomic E-state index is 0.0309. The van der Waals surface area contributed by atoms with Crippen molar-refractivity contribution in [3.8, 4) is 5.88 Å². The summed E-state index contributed by atoms with van der Waals surface area (Å²) in [7, 11) is 1.60. The largest absolute Gasteiger partial charge is 0.481 e. The molecule has 2 N–H and O–H groups in total. The maximum Gasteiger partial charge on any atom is 0.213 e. The van der Waals surface area contributed by atoms with Gasteiger partial charge in [-0.25, -0.2) is 4.98 Å². The van der Waals surface area contributed by atoms with Crippen LogP contribution in [-0.2, 0) is 0 Å². The molecule has 0 spiro atoms. The predicted octanol–water partition coefficient (Wildman–Crippen LogP) is 1.42. The predicted molar refractivity (Wildman–Crippen MR) is 48.1 cm³/mol. The Morgan fingerprint density at radius 1 is 1.50 bits per heavy atom. The topological polar surface area (TPSA) is 48.1 Å². The first kappa shape index (κ1) is 9.00. The highest BCUT2D eigenvalue weighted by Gasteiger charge is 2.04. The first-order chi connectivity index (χ1) is 5.65. The number of ether oxygens (including phenoxy) is 1. The molecule has 1 aromatic rings. The minimum absolute atomic E-state index is 0.0309. The Bertz CT molecular complexity index is 271. The first-order valence-corrected chi connectivity index (χ1v) is 3.92. The second-order valence-electron chi connectivity index (χ2n) is 2.82. The highest BCUT2D eigenvalue weighted by atomic mass is 16.5. The van der Waals surface area contributed by atoms with Crippen molar-refractivity contribution in [1.82, 2.24) is 4.98 Å². The number of hydrogen-bond donors (Lipinski definition) is 1. The molecule has 0 saturated heterocycles. The Morgan fingerprint density at radius 2 is 2.17 bits per heavy atom. The van der Waals surface area contributed by atoms with E-state index in [-0.39, 0.29) is 6.04 Å². The van der Waals surface area contributed by atoms with Crippen LogP contribution in [0.5, 0.6) is 5.88 Å². The molecule has 0 aliphatic carbocycles. The van der Waals surface area contributed by atoms with Gasteiger partial charge in [0.1, 0.15) is 0 Å². The minimum Gasteiger partial charge on any atom is -0.481 e. The fourth-order valence-corrected chi connectivity index (χ4v) is 1.14. The summed E-state index contributed by atoms with van der Waals surface area (Å²) in [6.07, 6.45) is 0. The average molecular weight is 166 g/mol. The summed E-state index contributed by atoms with van der Waals surface area (Å²) in [5, 5.41) is 0. The van der Waals surface area contributed by atoms with Crippen molar-refractivity contribution >= 4 is 0 Å². The van der Waals surface area contributed by atoms with Gasteiger partial charge >= 0.3 is 0 Å². The molecule has 0 saturated carbocycles. The van der Waals surface area contributed by atoms with Crippen molar-refractivity contribution in [3.05, 3.63) is 23.4 Å². The van der Waals surface area contributed by atoms with E-state index in [4.69, 9.17) is 10.5 Å². The third-order valence-corrected chi connectivity index (χ3v) is 1.80. The molecule has 1 rings (SSSR count). The summed E-state index contributed by atoms with van der Waals surface area (Å²) in [5.41, 5.74) is 7.73. The standard InChI is InChI=1S/C9H14N2O/c1-6(10)8-4-5-9(12-3)11-7(8)2/h4-6H,10H2,1-3H3/t6-/m0/s1. The van der Waals surface area contributed by atoms with Gasteiger partial charge in [-0.2, -0.15) is 0 Å². The quantitative estimate of drug-likeness (QED) is 0.722. The third kappa shape index (κ3) is 1.74. The molecule has 12 heavy (non-hydrogen) atoms. The molecule has 0 unspecified atom stereocenters. The van der Waals surface area contributed by atoms with Crippen LogP contribution < -0.4 is 10.5 Å². The van der Waals surface area contributed by atoms with Crippen LogP contribution in [0.4, 0.5) is 0 Å². The first-order valence-electron chi connectivity index (χ1n) is 3.92. The number of pyridine rings is 1. The molecule has 0 aromatic carbocycles. The molecule has 0 fully saturated rings. The van der Waals surface area contributed by atoms with Gasteiger partial charge in [-0.1, -0.05) is 6.07 Å². The molecule has 3 nitrogen and oxygen atoms in total. The van der Waals surface area contributed by atoms with Gasteiger partial charge in [-0.3, -0.25) is 0 Å². The molecular weight excluding hydrogens is 152 g/mol. The molecule has 0 aliphatic heterocycles. The maximum absolute atomic E-state index is 5.73. The molecule has 0 radical (unpaired) electrons. The SMILES string of the molecule is COc1ccc([C@H](C)N)c(C)n1. The van der Waals surface area contributed by atoms with Crippen LogP contribution in [0.3, 0.4) is 0 Å². The number of nitrogens with zero attached hydrogens (tertiary/aromatic N) is 1. The van der Waals surface area contributed by atoms with E-state index in [1.54, 1.807) is 7.11 Å². The van der Waals surface area contributed by atoms with E-state index < -0.39 is 0 Å². The lowest BCUT2D eigenvalue weighted by molar-refractivity contribution is 0.396. The van der Waals surface area contributed by atoms with Gasteiger partial charge in [-0.15, -0.1) is 0 Å². The molecule has 1 aromatic heterocycles. The van der Waals surface area contributed by atoms with Gasteiger partial charge in [0.25, 0.3) is 0 Å². The second kappa shape index (κ2) is 3.54. The Kier molecular flexibility index (Phi) is 2.65. The fraction of sp³-hybridized carbons (Fsp3) is 0.444. The van der Waals surface area contributed by atoms with Crippen LogP contribution >= 0.6 is 0 Å². The lowest BCUT2D eigenvalue weighted by Crippen LogP contribution is -2.08. The zero-order valence-corrected chi connectivity index (χ0v) is 7.66. The normalized spacial score (nSPS) is 12.7. The van der Waals surface area contributed by atoms with E-state index in [2.05, 4.69) is 4.98 Å². The van der Waals surface area contributed by atoms with Crippen molar-refractivity contribution < 1.29 is 4.74 Å². The van der Waals surface area contributed by atoms with Crippen LogP contribution in [0, 0.1) is 6.92 Å². The number of hydrogen-bond acceptors (Lipinski definition) is 3. The summed E-state index contributed by atoms with van der Waals surface area (Å²) < 4.78 is 4.98. The molecule has 0 bridgehead atoms. The molecule has 0 amide bonds. The van der Waals surface area contributed by atoms with Crippen LogP contribution in [0.1, 0.15) is 24.2 Å². The fourth-order valence-electron chi connectivity index (χ4n) is 1.14.